The summed E-state index contributed by atoms with van der Waals surface area (Å²) >= 11 is 0. The summed E-state index contributed by atoms with van der Waals surface area (Å²) in [5, 5.41) is 0. The third kappa shape index (κ3) is 3.66. The van der Waals surface area contributed by atoms with E-state index in [1.165, 1.54) is 0 Å². The molecule has 75 valence electrons. The van der Waals surface area contributed by atoms with Gasteiger partial charge in [-0.25, -0.2) is 12.1 Å². The van der Waals surface area contributed by atoms with Crippen molar-refractivity contribution in [2.45, 2.75) is 19.8 Å². The van der Waals surface area contributed by atoms with Gasteiger partial charge in [-0.3, -0.25) is 4.98 Å². The smallest absolute Gasteiger partial charge is 0.0312 e. The summed E-state index contributed by atoms with van der Waals surface area (Å²) in [4.78, 5) is 6.45. The van der Waals surface area contributed by atoms with Gasteiger partial charge >= 0.3 is 0 Å². The molecule has 1 radical (unpaired) electrons. The van der Waals surface area contributed by atoms with Gasteiger partial charge in [-0.15, -0.1) is 6.54 Å². The van der Waals surface area contributed by atoms with E-state index in [-0.39, 0.29) is 32.7 Å². The molecule has 0 unspecified atom stereocenters. The van der Waals surface area contributed by atoms with Gasteiger partial charge in [-0.05, 0) is 11.6 Å². The molecule has 1 heterocycles. The molecule has 0 aliphatic rings. The maximum absolute atomic E-state index is 4.47. The quantitative estimate of drug-likeness (QED) is 0.779. The van der Waals surface area contributed by atoms with Crippen molar-refractivity contribution in [2.75, 3.05) is 18.5 Å². The number of rotatable bonds is 3. The molecule has 0 spiro atoms. The van der Waals surface area contributed by atoms with Crippen molar-refractivity contribution in [3.8, 4) is 0 Å². The van der Waals surface area contributed by atoms with Gasteiger partial charge in [0.15, 0.2) is 0 Å². The van der Waals surface area contributed by atoms with Gasteiger partial charge in [-0.2, -0.15) is 6.07 Å². The Morgan fingerprint density at radius 3 is 2.71 bits per heavy atom. The van der Waals surface area contributed by atoms with Gasteiger partial charge < -0.3 is 11.8 Å². The molecule has 0 saturated carbocycles. The Labute approximate surface area is 112 Å². The average molecular weight is 265 g/mol. The zero-order chi connectivity index (χ0) is 9.84. The first kappa shape index (κ1) is 14.1. The van der Waals surface area contributed by atoms with E-state index in [1.54, 1.807) is 0 Å². The Hall–Kier alpha value is 0.0539. The minimum Gasteiger partial charge on any atom is -0.405 e. The van der Waals surface area contributed by atoms with Crippen LogP contribution in [-0.4, -0.2) is 18.6 Å². The summed E-state index contributed by atoms with van der Waals surface area (Å²) in [6, 6.07) is 7.01. The first-order valence-electron chi connectivity index (χ1n) is 4.54. The van der Waals surface area contributed by atoms with Gasteiger partial charge in [0.05, 0.1) is 0 Å². The van der Waals surface area contributed by atoms with Crippen molar-refractivity contribution in [2.24, 2.45) is 0 Å². The summed E-state index contributed by atoms with van der Waals surface area (Å²) in [6.45, 7) is 8.79. The van der Waals surface area contributed by atoms with Crippen molar-refractivity contribution < 1.29 is 32.7 Å². The van der Waals surface area contributed by atoms with Crippen LogP contribution in [0.2, 0.25) is 0 Å². The maximum atomic E-state index is 4.47. The Morgan fingerprint density at radius 1 is 1.57 bits per heavy atom. The Bertz CT molecular complexity index is 274. The van der Waals surface area contributed by atoms with E-state index in [0.29, 0.717) is 12.5 Å². The topological polar surface area (TPSA) is 16.1 Å². The SMILES string of the molecule is [CH2-]CN(C)c1[c-]ccc(C(C)C)n1.[Y]. The summed E-state index contributed by atoms with van der Waals surface area (Å²) < 4.78 is 0. The number of pyridine rings is 1. The fourth-order valence-corrected chi connectivity index (χ4v) is 1.02. The van der Waals surface area contributed by atoms with Crippen LogP contribution in [0.5, 0.6) is 0 Å². The molecule has 0 atom stereocenters. The molecule has 2 nitrogen and oxygen atoms in total. The number of aromatic nitrogens is 1. The standard InChI is InChI=1S/C11H16N2.Y/c1-5-13(4)11-8-6-7-10(12-11)9(2)3;/h6-7,9H,1,5H2,2-4H3;/q-2;. The minimum atomic E-state index is 0. The maximum Gasteiger partial charge on any atom is 0.0312 e. The molecule has 0 saturated heterocycles. The van der Waals surface area contributed by atoms with Crippen LogP contribution in [-0.2, 0) is 32.7 Å². The van der Waals surface area contributed by atoms with E-state index in [0.717, 1.165) is 11.5 Å². The fourth-order valence-electron chi connectivity index (χ4n) is 1.02. The molecular formula is C11H16N2Y-2. The van der Waals surface area contributed by atoms with Gasteiger partial charge in [0.1, 0.15) is 0 Å². The summed E-state index contributed by atoms with van der Waals surface area (Å²) in [5.74, 6) is 1.34. The largest absolute Gasteiger partial charge is 0.405 e. The molecule has 0 aromatic carbocycles. The molecule has 1 aromatic heterocycles. The van der Waals surface area contributed by atoms with E-state index in [9.17, 15) is 0 Å². The van der Waals surface area contributed by atoms with E-state index in [1.807, 2.05) is 24.1 Å². The van der Waals surface area contributed by atoms with Crippen LogP contribution in [0.4, 0.5) is 5.82 Å². The minimum absolute atomic E-state index is 0. The second kappa shape index (κ2) is 6.52. The third-order valence-electron chi connectivity index (χ3n) is 1.99. The average Bonchev–Trinajstić information content (AvgIpc) is 2.17. The van der Waals surface area contributed by atoms with Crippen molar-refractivity contribution in [3.05, 3.63) is 30.8 Å². The zero-order valence-corrected chi connectivity index (χ0v) is 12.0. The molecule has 0 amide bonds. The Balaban J connectivity index is 0.00000169. The first-order chi connectivity index (χ1) is 6.15. The predicted molar refractivity (Wildman–Crippen MR) is 55.8 cm³/mol. The number of anilines is 1. The van der Waals surface area contributed by atoms with Crippen LogP contribution in [0.1, 0.15) is 25.5 Å². The summed E-state index contributed by atoms with van der Waals surface area (Å²) in [5.41, 5.74) is 1.11. The fraction of sp³-hybridized carbons (Fsp3) is 0.455. The molecule has 1 rings (SSSR count). The molecule has 3 heteroatoms. The van der Waals surface area contributed by atoms with Crippen LogP contribution in [0.25, 0.3) is 0 Å². The number of hydrogen-bond donors (Lipinski definition) is 0. The Morgan fingerprint density at radius 2 is 2.21 bits per heavy atom. The van der Waals surface area contributed by atoms with Crippen LogP contribution in [0.15, 0.2) is 12.1 Å². The summed E-state index contributed by atoms with van der Waals surface area (Å²) in [6.07, 6.45) is 0. The van der Waals surface area contributed by atoms with E-state index >= 15 is 0 Å². The van der Waals surface area contributed by atoms with E-state index in [4.69, 9.17) is 0 Å². The zero-order valence-electron chi connectivity index (χ0n) is 9.12. The molecule has 0 N–H and O–H groups in total. The molecule has 0 aliphatic heterocycles. The van der Waals surface area contributed by atoms with Gasteiger partial charge in [0, 0.05) is 45.6 Å². The molecule has 14 heavy (non-hydrogen) atoms. The van der Waals surface area contributed by atoms with Crippen LogP contribution in [0, 0.1) is 13.0 Å². The van der Waals surface area contributed by atoms with Gasteiger partial charge in [0.2, 0.25) is 0 Å². The van der Waals surface area contributed by atoms with Crippen molar-refractivity contribution in [3.63, 3.8) is 0 Å². The van der Waals surface area contributed by atoms with E-state index in [2.05, 4.69) is 31.8 Å². The molecule has 0 bridgehead atoms. The van der Waals surface area contributed by atoms with Crippen LogP contribution < -0.4 is 4.90 Å². The van der Waals surface area contributed by atoms with Gasteiger partial charge in [0.25, 0.3) is 0 Å². The van der Waals surface area contributed by atoms with Crippen molar-refractivity contribution >= 4 is 5.82 Å². The second-order valence-corrected chi connectivity index (χ2v) is 3.41. The number of hydrogen-bond acceptors (Lipinski definition) is 2. The van der Waals surface area contributed by atoms with Crippen LogP contribution in [0.3, 0.4) is 0 Å². The number of nitrogens with zero attached hydrogens (tertiary/aromatic N) is 2. The van der Waals surface area contributed by atoms with Crippen molar-refractivity contribution in [1.29, 1.82) is 0 Å². The molecule has 0 aliphatic carbocycles. The second-order valence-electron chi connectivity index (χ2n) is 3.41. The summed E-state index contributed by atoms with van der Waals surface area (Å²) in [7, 11) is 1.97. The monoisotopic (exact) mass is 265 g/mol. The Kier molecular flexibility index (Phi) is 6.55. The molecular weight excluding hydrogens is 249 g/mol. The first-order valence-corrected chi connectivity index (χ1v) is 4.54. The van der Waals surface area contributed by atoms with Gasteiger partial charge in [-0.1, -0.05) is 13.8 Å². The molecule has 0 fully saturated rings. The van der Waals surface area contributed by atoms with Crippen LogP contribution >= 0.6 is 0 Å². The molecule has 1 aromatic rings. The predicted octanol–water partition coefficient (Wildman–Crippen LogP) is 2.27. The van der Waals surface area contributed by atoms with Crippen molar-refractivity contribution in [1.82, 2.24) is 4.98 Å². The third-order valence-corrected chi connectivity index (χ3v) is 1.99. The normalized spacial score (nSPS) is 9.79. The van der Waals surface area contributed by atoms with E-state index < -0.39 is 0 Å².